The van der Waals surface area contributed by atoms with E-state index in [1.165, 1.54) is 6.42 Å². The Morgan fingerprint density at radius 1 is 1.15 bits per heavy atom. The van der Waals surface area contributed by atoms with Gasteiger partial charge in [-0.1, -0.05) is 11.3 Å². The second kappa shape index (κ2) is 7.80. The van der Waals surface area contributed by atoms with Crippen molar-refractivity contribution in [2.45, 2.75) is 51.8 Å². The lowest BCUT2D eigenvalue weighted by molar-refractivity contribution is 0.121. The molecule has 1 aromatic carbocycles. The van der Waals surface area contributed by atoms with Crippen LogP contribution in [0.1, 0.15) is 49.7 Å². The van der Waals surface area contributed by atoms with Crippen LogP contribution in [0.5, 0.6) is 17.2 Å². The van der Waals surface area contributed by atoms with Crippen molar-refractivity contribution in [3.63, 3.8) is 0 Å². The van der Waals surface area contributed by atoms with E-state index in [9.17, 15) is 0 Å². The van der Waals surface area contributed by atoms with Crippen LogP contribution in [0.2, 0.25) is 0 Å². The summed E-state index contributed by atoms with van der Waals surface area (Å²) in [7, 11) is 3.23. The summed E-state index contributed by atoms with van der Waals surface area (Å²) in [5, 5.41) is 10.7. The van der Waals surface area contributed by atoms with Crippen molar-refractivity contribution in [1.82, 2.24) is 15.1 Å². The maximum Gasteiger partial charge on any atom is 0.164 e. The van der Waals surface area contributed by atoms with Crippen LogP contribution in [-0.2, 0) is 6.61 Å². The number of benzene rings is 1. The van der Waals surface area contributed by atoms with E-state index >= 15 is 0 Å². The summed E-state index contributed by atoms with van der Waals surface area (Å²) in [6.07, 6.45) is 2.35. The summed E-state index contributed by atoms with van der Waals surface area (Å²) in [5.74, 6) is 2.05. The third-order valence-electron chi connectivity index (χ3n) is 4.60. The quantitative estimate of drug-likeness (QED) is 0.756. The number of nitrogens with zero attached hydrogens (tertiary/aromatic N) is 3. The zero-order valence-electron chi connectivity index (χ0n) is 16.1. The number of hydrogen-bond acceptors (Lipinski definition) is 7. The van der Waals surface area contributed by atoms with Crippen molar-refractivity contribution in [2.24, 2.45) is 0 Å². The average molecular weight is 378 g/mol. The van der Waals surface area contributed by atoms with E-state index in [2.05, 4.69) is 35.9 Å². The van der Waals surface area contributed by atoms with Crippen molar-refractivity contribution in [1.29, 1.82) is 0 Å². The Balaban J connectivity index is 1.66. The highest BCUT2D eigenvalue weighted by molar-refractivity contribution is 7.11. The second-order valence-corrected chi connectivity index (χ2v) is 8.46. The molecule has 0 unspecified atom stereocenters. The van der Waals surface area contributed by atoms with E-state index in [-0.39, 0.29) is 5.54 Å². The summed E-state index contributed by atoms with van der Waals surface area (Å²) in [6.45, 7) is 8.29. The van der Waals surface area contributed by atoms with Crippen LogP contribution >= 0.6 is 11.3 Å². The number of methoxy groups -OCH3 is 2. The predicted molar refractivity (Wildman–Crippen MR) is 102 cm³/mol. The summed E-state index contributed by atoms with van der Waals surface area (Å²) < 4.78 is 16.4. The fourth-order valence-electron chi connectivity index (χ4n) is 3.34. The molecular weight excluding hydrogens is 350 g/mol. The number of rotatable bonds is 6. The zero-order chi connectivity index (χ0) is 18.7. The van der Waals surface area contributed by atoms with Crippen molar-refractivity contribution in [2.75, 3.05) is 20.8 Å². The monoisotopic (exact) mass is 377 g/mol. The summed E-state index contributed by atoms with van der Waals surface area (Å²) in [4.78, 5) is 2.52. The topological polar surface area (TPSA) is 56.7 Å². The van der Waals surface area contributed by atoms with Crippen LogP contribution in [0.15, 0.2) is 18.2 Å². The van der Waals surface area contributed by atoms with Crippen molar-refractivity contribution < 1.29 is 14.2 Å². The van der Waals surface area contributed by atoms with E-state index in [1.807, 2.05) is 18.2 Å². The highest BCUT2D eigenvalue weighted by Crippen LogP contribution is 2.38. The zero-order valence-corrected chi connectivity index (χ0v) is 16.9. The van der Waals surface area contributed by atoms with Gasteiger partial charge in [-0.05, 0) is 52.3 Å². The number of likely N-dealkylation sites (tertiary alicyclic amines) is 1. The normalized spacial score (nSPS) is 18.1. The fraction of sp³-hybridized carbons (Fsp3) is 0.579. The molecule has 0 saturated carbocycles. The lowest BCUT2D eigenvalue weighted by Crippen LogP contribution is -2.40. The molecule has 1 aliphatic heterocycles. The van der Waals surface area contributed by atoms with Gasteiger partial charge in [-0.2, -0.15) is 0 Å². The van der Waals surface area contributed by atoms with Gasteiger partial charge in [0.2, 0.25) is 0 Å². The van der Waals surface area contributed by atoms with E-state index in [0.717, 1.165) is 28.7 Å². The lowest BCUT2D eigenvalue weighted by Gasteiger charge is -2.35. The first-order chi connectivity index (χ1) is 12.4. The predicted octanol–water partition coefficient (Wildman–Crippen LogP) is 4.07. The summed E-state index contributed by atoms with van der Waals surface area (Å²) in [6, 6.07) is 5.88. The van der Waals surface area contributed by atoms with Gasteiger partial charge in [0.15, 0.2) is 16.5 Å². The van der Waals surface area contributed by atoms with E-state index in [0.29, 0.717) is 24.1 Å². The largest absolute Gasteiger partial charge is 0.493 e. The van der Waals surface area contributed by atoms with Crippen molar-refractivity contribution >= 4 is 11.3 Å². The van der Waals surface area contributed by atoms with Gasteiger partial charge in [0.05, 0.1) is 20.3 Å². The molecule has 1 atom stereocenters. The summed E-state index contributed by atoms with van der Waals surface area (Å²) >= 11 is 1.64. The van der Waals surface area contributed by atoms with Crippen LogP contribution in [0, 0.1) is 0 Å². The maximum atomic E-state index is 5.86. The SMILES string of the molecule is COc1ccc(OCc2nnc([C@@H]3CCCN3C(C)(C)C)s2)cc1OC. The highest BCUT2D eigenvalue weighted by Gasteiger charge is 2.35. The van der Waals surface area contributed by atoms with E-state index < -0.39 is 0 Å². The van der Waals surface area contributed by atoms with Crippen LogP contribution in [0.4, 0.5) is 0 Å². The Morgan fingerprint density at radius 2 is 1.92 bits per heavy atom. The van der Waals surface area contributed by atoms with Gasteiger partial charge in [-0.15, -0.1) is 10.2 Å². The van der Waals surface area contributed by atoms with Gasteiger partial charge in [-0.25, -0.2) is 0 Å². The van der Waals surface area contributed by atoms with E-state index in [1.54, 1.807) is 25.6 Å². The first-order valence-corrected chi connectivity index (χ1v) is 9.68. The molecule has 142 valence electrons. The molecule has 3 rings (SSSR count). The molecule has 2 aromatic rings. The van der Waals surface area contributed by atoms with Gasteiger partial charge >= 0.3 is 0 Å². The number of aromatic nitrogens is 2. The molecule has 7 heteroatoms. The van der Waals surface area contributed by atoms with Crippen LogP contribution in [0.3, 0.4) is 0 Å². The van der Waals surface area contributed by atoms with E-state index in [4.69, 9.17) is 14.2 Å². The Hall–Kier alpha value is -1.86. The molecule has 6 nitrogen and oxygen atoms in total. The minimum atomic E-state index is 0.142. The van der Waals surface area contributed by atoms with Gasteiger partial charge in [-0.3, -0.25) is 4.90 Å². The fourth-order valence-corrected chi connectivity index (χ4v) is 4.24. The molecule has 0 N–H and O–H groups in total. The Labute approximate surface area is 159 Å². The first kappa shape index (κ1) is 18.9. The van der Waals surface area contributed by atoms with Crippen LogP contribution < -0.4 is 14.2 Å². The Kier molecular flexibility index (Phi) is 5.67. The molecule has 1 fully saturated rings. The molecular formula is C19H27N3O3S. The average Bonchev–Trinajstić information content (AvgIpc) is 3.28. The molecule has 26 heavy (non-hydrogen) atoms. The van der Waals surface area contributed by atoms with Gasteiger partial charge < -0.3 is 14.2 Å². The Bertz CT molecular complexity index is 742. The molecule has 0 spiro atoms. The maximum absolute atomic E-state index is 5.86. The molecule has 0 radical (unpaired) electrons. The van der Waals surface area contributed by atoms with Crippen LogP contribution in [-0.4, -0.2) is 41.4 Å². The van der Waals surface area contributed by atoms with Crippen LogP contribution in [0.25, 0.3) is 0 Å². The molecule has 2 heterocycles. The molecule has 0 aliphatic carbocycles. The van der Waals surface area contributed by atoms with Gasteiger partial charge in [0, 0.05) is 11.6 Å². The second-order valence-electron chi connectivity index (χ2n) is 7.36. The Morgan fingerprint density at radius 3 is 2.62 bits per heavy atom. The number of ether oxygens (including phenoxy) is 3. The van der Waals surface area contributed by atoms with Crippen molar-refractivity contribution in [3.8, 4) is 17.2 Å². The first-order valence-electron chi connectivity index (χ1n) is 8.86. The minimum Gasteiger partial charge on any atom is -0.493 e. The smallest absolute Gasteiger partial charge is 0.164 e. The molecule has 0 amide bonds. The highest BCUT2D eigenvalue weighted by atomic mass is 32.1. The summed E-state index contributed by atoms with van der Waals surface area (Å²) in [5.41, 5.74) is 0.142. The molecule has 0 bridgehead atoms. The van der Waals surface area contributed by atoms with Gasteiger partial charge in [0.1, 0.15) is 17.4 Å². The third kappa shape index (κ3) is 4.10. The lowest BCUT2D eigenvalue weighted by atomic mass is 10.1. The van der Waals surface area contributed by atoms with Gasteiger partial charge in [0.25, 0.3) is 0 Å². The third-order valence-corrected chi connectivity index (χ3v) is 5.60. The minimum absolute atomic E-state index is 0.142. The standard InChI is InChI=1S/C19H27N3O3S/c1-19(2,3)22-10-6-7-14(22)18-21-20-17(26-18)12-25-13-8-9-15(23-4)16(11-13)24-5/h8-9,11,14H,6-7,10,12H2,1-5H3/t14-/m0/s1. The van der Waals surface area contributed by atoms with Crippen molar-refractivity contribution in [3.05, 3.63) is 28.2 Å². The molecule has 1 aromatic heterocycles. The molecule has 1 aliphatic rings. The number of hydrogen-bond donors (Lipinski definition) is 0. The molecule has 1 saturated heterocycles.